The summed E-state index contributed by atoms with van der Waals surface area (Å²) in [5.74, 6) is 0.851. The number of aliphatic imine (C=N–C) groups is 1. The third-order valence-electron chi connectivity index (χ3n) is 11.3. The number of benzene rings is 7. The topological polar surface area (TPSA) is 65.9 Å². The van der Waals surface area contributed by atoms with Crippen molar-refractivity contribution < 1.29 is 8.83 Å². The minimum atomic E-state index is -0.225. The van der Waals surface area contributed by atoms with Gasteiger partial charge in [0, 0.05) is 50.1 Å². The van der Waals surface area contributed by atoms with Gasteiger partial charge in [0.15, 0.2) is 0 Å². The lowest BCUT2D eigenvalue weighted by molar-refractivity contribution is 0.411. The van der Waals surface area contributed by atoms with Crippen molar-refractivity contribution in [2.75, 3.05) is 4.90 Å². The summed E-state index contributed by atoms with van der Waals surface area (Å²) < 4.78 is 13.3. The zero-order valence-corrected chi connectivity index (χ0v) is 31.0. The molecule has 0 fully saturated rings. The number of amidine groups is 1. The van der Waals surface area contributed by atoms with E-state index in [0.29, 0.717) is 0 Å². The van der Waals surface area contributed by atoms with Gasteiger partial charge in [0.25, 0.3) is 0 Å². The highest BCUT2D eigenvalue weighted by molar-refractivity contribution is 6.14. The van der Waals surface area contributed by atoms with Crippen molar-refractivity contribution in [3.8, 4) is 11.1 Å². The smallest absolute Gasteiger partial charge is 0.137 e. The number of fused-ring (bicyclic) bond motifs is 6. The van der Waals surface area contributed by atoms with Crippen LogP contribution in [0, 0.1) is 0 Å². The quantitative estimate of drug-likeness (QED) is 0.170. The van der Waals surface area contributed by atoms with Gasteiger partial charge >= 0.3 is 0 Å². The first-order chi connectivity index (χ1) is 28.2. The van der Waals surface area contributed by atoms with E-state index < -0.39 is 0 Å². The molecule has 11 rings (SSSR count). The van der Waals surface area contributed by atoms with Crippen LogP contribution in [0.2, 0.25) is 0 Å². The summed E-state index contributed by atoms with van der Waals surface area (Å²) in [6.07, 6.45) is 9.25. The number of furan rings is 2. The molecule has 9 aromatic rings. The van der Waals surface area contributed by atoms with Crippen LogP contribution in [0.15, 0.2) is 202 Å². The van der Waals surface area contributed by atoms with E-state index in [9.17, 15) is 0 Å². The number of anilines is 2. The molecule has 6 heteroatoms. The second kappa shape index (κ2) is 13.9. The van der Waals surface area contributed by atoms with E-state index in [-0.39, 0.29) is 18.4 Å². The van der Waals surface area contributed by atoms with Crippen LogP contribution >= 0.6 is 0 Å². The molecule has 0 saturated heterocycles. The molecule has 3 unspecified atom stereocenters. The monoisotopic (exact) mass is 738 g/mol. The van der Waals surface area contributed by atoms with Crippen LogP contribution in [0.25, 0.3) is 55.0 Å². The highest BCUT2D eigenvalue weighted by Crippen LogP contribution is 2.42. The Kier molecular flexibility index (Phi) is 8.07. The number of para-hydroxylation sites is 1. The average molecular weight is 739 g/mol. The van der Waals surface area contributed by atoms with Gasteiger partial charge in [-0.25, -0.2) is 4.99 Å². The van der Waals surface area contributed by atoms with E-state index in [1.165, 1.54) is 0 Å². The molecule has 1 aliphatic carbocycles. The van der Waals surface area contributed by atoms with Gasteiger partial charge in [-0.05, 0) is 71.6 Å². The molecule has 2 aliphatic rings. The first-order valence-electron chi connectivity index (χ1n) is 19.5. The summed E-state index contributed by atoms with van der Waals surface area (Å²) in [7, 11) is 0. The predicted octanol–water partition coefficient (Wildman–Crippen LogP) is 12.5. The maximum atomic E-state index is 6.67. The minimum absolute atomic E-state index is 0.208. The lowest BCUT2D eigenvalue weighted by atomic mass is 9.97. The molecule has 7 aromatic carbocycles. The Morgan fingerprint density at radius 2 is 1.26 bits per heavy atom. The maximum Gasteiger partial charge on any atom is 0.137 e. The van der Waals surface area contributed by atoms with Crippen LogP contribution in [0.1, 0.15) is 35.4 Å². The lowest BCUT2D eigenvalue weighted by Gasteiger charge is -2.32. The second-order valence-corrected chi connectivity index (χ2v) is 14.7. The third kappa shape index (κ3) is 5.90. The number of hydrogen-bond donors (Lipinski definition) is 2. The van der Waals surface area contributed by atoms with Crippen molar-refractivity contribution in [2.45, 2.75) is 24.8 Å². The second-order valence-electron chi connectivity index (χ2n) is 14.7. The number of nitrogens with one attached hydrogen (secondary N) is 2. The van der Waals surface area contributed by atoms with E-state index in [1.54, 1.807) is 0 Å². The Hall–Kier alpha value is -7.15. The summed E-state index contributed by atoms with van der Waals surface area (Å²) in [5, 5.41) is 11.8. The minimum Gasteiger partial charge on any atom is -0.456 e. The van der Waals surface area contributed by atoms with Crippen molar-refractivity contribution in [1.29, 1.82) is 0 Å². The third-order valence-corrected chi connectivity index (χ3v) is 11.3. The van der Waals surface area contributed by atoms with E-state index in [4.69, 9.17) is 13.8 Å². The molecular formula is C51H38N4O2. The molecule has 0 spiro atoms. The molecule has 2 aromatic heterocycles. The SMILES string of the molecule is C1=CCC(N(c2ccccc2)c2ccc3c(c2)oc2cccc(-c4ccc5c(c4)oc4cccc(C6NC(c7ccccc7)=NC(c7ccccc7)N6)c45)c23)C=C1. The summed E-state index contributed by atoms with van der Waals surface area (Å²) in [6, 6.07) is 57.4. The first-order valence-corrected chi connectivity index (χ1v) is 19.5. The number of rotatable bonds is 7. The first kappa shape index (κ1) is 33.2. The molecule has 2 N–H and O–H groups in total. The molecule has 274 valence electrons. The van der Waals surface area contributed by atoms with Gasteiger partial charge in [-0.3, -0.25) is 5.32 Å². The fourth-order valence-corrected chi connectivity index (χ4v) is 8.61. The Bertz CT molecular complexity index is 3020. The van der Waals surface area contributed by atoms with Crippen molar-refractivity contribution >= 4 is 61.1 Å². The summed E-state index contributed by atoms with van der Waals surface area (Å²) >= 11 is 0. The number of allylic oxidation sites excluding steroid dienone is 2. The van der Waals surface area contributed by atoms with E-state index >= 15 is 0 Å². The van der Waals surface area contributed by atoms with E-state index in [0.717, 1.165) is 95.3 Å². The molecule has 0 saturated carbocycles. The Balaban J connectivity index is 0.985. The zero-order chi connectivity index (χ0) is 37.7. The number of hydrogen-bond acceptors (Lipinski definition) is 6. The molecule has 57 heavy (non-hydrogen) atoms. The van der Waals surface area contributed by atoms with Gasteiger partial charge in [-0.15, -0.1) is 0 Å². The Labute approximate surface area is 330 Å². The van der Waals surface area contributed by atoms with Crippen LogP contribution < -0.4 is 15.5 Å². The molecule has 0 amide bonds. The van der Waals surface area contributed by atoms with Gasteiger partial charge in [0.2, 0.25) is 0 Å². The normalized spacial score (nSPS) is 18.0. The van der Waals surface area contributed by atoms with Crippen LogP contribution in [0.3, 0.4) is 0 Å². The van der Waals surface area contributed by atoms with Crippen LogP contribution in [-0.2, 0) is 0 Å². The molecule has 3 heterocycles. The highest BCUT2D eigenvalue weighted by Gasteiger charge is 2.28. The van der Waals surface area contributed by atoms with Gasteiger partial charge < -0.3 is 19.1 Å². The zero-order valence-electron chi connectivity index (χ0n) is 31.0. The van der Waals surface area contributed by atoms with Gasteiger partial charge in [0.05, 0.1) is 6.04 Å². The predicted molar refractivity (Wildman–Crippen MR) is 233 cm³/mol. The molecule has 1 aliphatic heterocycles. The van der Waals surface area contributed by atoms with Crippen LogP contribution in [0.4, 0.5) is 11.4 Å². The van der Waals surface area contributed by atoms with Crippen molar-refractivity contribution in [3.63, 3.8) is 0 Å². The lowest BCUT2D eigenvalue weighted by Crippen LogP contribution is -2.45. The molecule has 0 bridgehead atoms. The summed E-state index contributed by atoms with van der Waals surface area (Å²) in [4.78, 5) is 7.52. The standard InChI is InChI=1S/C51H38N4O2/c1-5-15-33(16-6-1)49-52-50(34-17-7-2-8-18-34)54-51(53-49)42-24-14-26-44-48(42)40-29-27-35(31-45(40)56-44)39-23-13-25-43-47(39)41-30-28-38(32-46(41)57-43)55(36-19-9-3-10-20-36)37-21-11-4-12-22-37/h1-21,23-32,37,49,51,53H,22H2,(H,52,54). The Morgan fingerprint density at radius 3 is 2.05 bits per heavy atom. The van der Waals surface area contributed by atoms with Gasteiger partial charge in [0.1, 0.15) is 40.5 Å². The van der Waals surface area contributed by atoms with Gasteiger partial charge in [-0.1, -0.05) is 133 Å². The molecule has 6 nitrogen and oxygen atoms in total. The van der Waals surface area contributed by atoms with Crippen LogP contribution in [-0.4, -0.2) is 11.9 Å². The van der Waals surface area contributed by atoms with E-state index in [1.807, 2.05) is 24.3 Å². The molecule has 0 radical (unpaired) electrons. The average Bonchev–Trinajstić information content (AvgIpc) is 3.85. The molecular weight excluding hydrogens is 701 g/mol. The largest absolute Gasteiger partial charge is 0.456 e. The fourth-order valence-electron chi connectivity index (χ4n) is 8.61. The van der Waals surface area contributed by atoms with Crippen molar-refractivity contribution in [2.24, 2.45) is 4.99 Å². The number of nitrogens with zero attached hydrogens (tertiary/aromatic N) is 2. The van der Waals surface area contributed by atoms with Gasteiger partial charge in [-0.2, -0.15) is 0 Å². The summed E-state index contributed by atoms with van der Waals surface area (Å²) in [5.41, 5.74) is 11.1. The Morgan fingerprint density at radius 1 is 0.561 bits per heavy atom. The fraction of sp³-hybridized carbons (Fsp3) is 0.0784. The van der Waals surface area contributed by atoms with Crippen LogP contribution in [0.5, 0.6) is 0 Å². The summed E-state index contributed by atoms with van der Waals surface area (Å²) in [6.45, 7) is 0. The van der Waals surface area contributed by atoms with E-state index in [2.05, 4.69) is 179 Å². The van der Waals surface area contributed by atoms with Crippen molar-refractivity contribution in [3.05, 3.63) is 205 Å². The van der Waals surface area contributed by atoms with Crippen molar-refractivity contribution in [1.82, 2.24) is 10.6 Å². The highest BCUT2D eigenvalue weighted by atomic mass is 16.3. The maximum absolute atomic E-state index is 6.67. The molecule has 3 atom stereocenters.